The number of aromatic nitrogens is 3. The predicted molar refractivity (Wildman–Crippen MR) is 152 cm³/mol. The highest BCUT2D eigenvalue weighted by Gasteiger charge is 2.17. The van der Waals surface area contributed by atoms with Crippen molar-refractivity contribution < 1.29 is 4.79 Å². The van der Waals surface area contributed by atoms with Gasteiger partial charge in [-0.3, -0.25) is 9.36 Å². The zero-order valence-electron chi connectivity index (χ0n) is 19.7. The third-order valence-corrected chi connectivity index (χ3v) is 7.10. The Morgan fingerprint density at radius 2 is 1.57 bits per heavy atom. The van der Waals surface area contributed by atoms with Gasteiger partial charge in [-0.1, -0.05) is 71.4 Å². The van der Waals surface area contributed by atoms with Gasteiger partial charge >= 0.3 is 0 Å². The quantitative estimate of drug-likeness (QED) is 0.135. The second-order valence-corrected chi connectivity index (χ2v) is 10.0. The fraction of sp³-hybridized carbons (Fsp3) is 0.0714. The summed E-state index contributed by atoms with van der Waals surface area (Å²) in [5.74, 6) is 0.497. The summed E-state index contributed by atoms with van der Waals surface area (Å²) in [5.41, 5.74) is 5.99. The molecule has 37 heavy (non-hydrogen) atoms. The van der Waals surface area contributed by atoms with E-state index in [1.54, 1.807) is 24.3 Å². The first-order valence-corrected chi connectivity index (χ1v) is 13.1. The van der Waals surface area contributed by atoms with E-state index in [1.807, 2.05) is 60.0 Å². The lowest BCUT2D eigenvalue weighted by Crippen LogP contribution is -2.21. The Morgan fingerprint density at radius 3 is 2.30 bits per heavy atom. The van der Waals surface area contributed by atoms with Crippen molar-refractivity contribution in [3.63, 3.8) is 0 Å². The maximum Gasteiger partial charge on any atom is 0.250 e. The molecule has 0 radical (unpaired) electrons. The summed E-state index contributed by atoms with van der Waals surface area (Å²) in [6.45, 7) is 1.87. The number of nitrogens with zero attached hydrogens (tertiary/aromatic N) is 4. The number of thioether (sulfide) groups is 1. The lowest BCUT2D eigenvalue weighted by atomic mass is 10.0. The second-order valence-electron chi connectivity index (χ2n) is 8.21. The number of rotatable bonds is 7. The lowest BCUT2D eigenvalue weighted by Gasteiger charge is -2.10. The molecule has 1 N–H and O–H groups in total. The molecule has 1 amide bonds. The number of benzene rings is 4. The molecule has 0 bridgehead atoms. The molecule has 0 unspecified atom stereocenters. The minimum atomic E-state index is -0.246. The number of fused-ring (bicyclic) bond motifs is 1. The maximum absolute atomic E-state index is 12.6. The van der Waals surface area contributed by atoms with E-state index in [4.69, 9.17) is 23.2 Å². The van der Waals surface area contributed by atoms with Gasteiger partial charge in [0.1, 0.15) is 0 Å². The third-order valence-electron chi connectivity index (χ3n) is 5.67. The van der Waals surface area contributed by atoms with Crippen molar-refractivity contribution in [3.8, 4) is 17.1 Å². The predicted octanol–water partition coefficient (Wildman–Crippen LogP) is 7.03. The van der Waals surface area contributed by atoms with Crippen LogP contribution in [-0.4, -0.2) is 32.1 Å². The number of carbonyl (C=O) groups excluding carboxylic acids is 1. The average molecular weight is 546 g/mol. The fourth-order valence-electron chi connectivity index (χ4n) is 3.76. The second kappa shape index (κ2) is 11.2. The molecule has 0 saturated heterocycles. The number of halogens is 2. The Morgan fingerprint density at radius 1 is 0.892 bits per heavy atom. The molecule has 0 saturated carbocycles. The number of hydrogen-bond donors (Lipinski definition) is 1. The maximum atomic E-state index is 12.6. The van der Waals surface area contributed by atoms with E-state index in [1.165, 1.54) is 11.8 Å². The van der Waals surface area contributed by atoms with E-state index < -0.39 is 0 Å². The van der Waals surface area contributed by atoms with Crippen molar-refractivity contribution in [2.45, 2.75) is 12.1 Å². The Kier molecular flexibility index (Phi) is 7.55. The Hall–Kier alpha value is -3.65. The molecule has 1 heterocycles. The number of hydrazone groups is 1. The molecule has 0 fully saturated rings. The number of amides is 1. The number of carbonyl (C=O) groups is 1. The summed E-state index contributed by atoms with van der Waals surface area (Å²) in [6, 6.07) is 28.9. The topological polar surface area (TPSA) is 72.2 Å². The van der Waals surface area contributed by atoms with Crippen molar-refractivity contribution in [2.75, 3.05) is 5.75 Å². The van der Waals surface area contributed by atoms with E-state index in [9.17, 15) is 4.79 Å². The van der Waals surface area contributed by atoms with Gasteiger partial charge in [0.05, 0.1) is 11.5 Å². The van der Waals surface area contributed by atoms with E-state index in [0.717, 1.165) is 33.3 Å². The van der Waals surface area contributed by atoms with Crippen molar-refractivity contribution in [1.82, 2.24) is 20.2 Å². The van der Waals surface area contributed by atoms with Gasteiger partial charge in [0.25, 0.3) is 5.91 Å². The summed E-state index contributed by atoms with van der Waals surface area (Å²) in [4.78, 5) is 12.6. The van der Waals surface area contributed by atoms with Crippen LogP contribution in [0.25, 0.3) is 27.8 Å². The van der Waals surface area contributed by atoms with Crippen LogP contribution in [-0.2, 0) is 4.79 Å². The zero-order valence-corrected chi connectivity index (χ0v) is 22.1. The zero-order chi connectivity index (χ0) is 25.8. The molecule has 4 aromatic carbocycles. The molecule has 0 aliphatic rings. The normalized spacial score (nSPS) is 11.6. The van der Waals surface area contributed by atoms with Crippen LogP contribution in [0.1, 0.15) is 12.5 Å². The largest absolute Gasteiger partial charge is 0.272 e. The standard InChI is InChI=1S/C28H21Cl2N5OS/c1-18(21-7-6-19-4-2-3-5-22(19)16-21)31-32-26(36)17-37-28-34-33-27(20-8-10-23(29)11-9-20)35(28)25-14-12-24(30)13-15-25/h2-16H,17H2,1H3,(H,32,36)/b31-18-. The first kappa shape index (κ1) is 25.0. The van der Waals surface area contributed by atoms with Gasteiger partial charge in [-0.15, -0.1) is 10.2 Å². The van der Waals surface area contributed by atoms with Crippen LogP contribution in [0.3, 0.4) is 0 Å². The van der Waals surface area contributed by atoms with Gasteiger partial charge in [-0.05, 0) is 77.9 Å². The van der Waals surface area contributed by atoms with Crippen LogP contribution in [0, 0.1) is 0 Å². The molecule has 9 heteroatoms. The highest BCUT2D eigenvalue weighted by atomic mass is 35.5. The first-order chi connectivity index (χ1) is 18.0. The minimum Gasteiger partial charge on any atom is -0.272 e. The molecule has 6 nitrogen and oxygen atoms in total. The van der Waals surface area contributed by atoms with Crippen molar-refractivity contribution in [2.24, 2.45) is 5.10 Å². The van der Waals surface area contributed by atoms with Crippen LogP contribution in [0.2, 0.25) is 10.0 Å². The molecule has 5 rings (SSSR count). The lowest BCUT2D eigenvalue weighted by molar-refractivity contribution is -0.118. The molecule has 0 aliphatic carbocycles. The third kappa shape index (κ3) is 5.85. The summed E-state index contributed by atoms with van der Waals surface area (Å²) in [7, 11) is 0. The summed E-state index contributed by atoms with van der Waals surface area (Å²) < 4.78 is 1.89. The van der Waals surface area contributed by atoms with Crippen LogP contribution in [0.4, 0.5) is 0 Å². The molecular weight excluding hydrogens is 525 g/mol. The molecule has 1 aromatic heterocycles. The van der Waals surface area contributed by atoms with Crippen molar-refractivity contribution in [3.05, 3.63) is 107 Å². The van der Waals surface area contributed by atoms with Crippen LogP contribution in [0.5, 0.6) is 0 Å². The highest BCUT2D eigenvalue weighted by molar-refractivity contribution is 7.99. The van der Waals surface area contributed by atoms with E-state index in [0.29, 0.717) is 21.0 Å². The van der Waals surface area contributed by atoms with Gasteiger partial charge in [0.15, 0.2) is 11.0 Å². The monoisotopic (exact) mass is 545 g/mol. The van der Waals surface area contributed by atoms with E-state index >= 15 is 0 Å². The SMILES string of the molecule is C/C(=N/NC(=O)CSc1nnc(-c2ccc(Cl)cc2)n1-c1ccc(Cl)cc1)c1ccc2ccccc2c1. The van der Waals surface area contributed by atoms with Gasteiger partial charge in [-0.25, -0.2) is 5.43 Å². The van der Waals surface area contributed by atoms with Crippen LogP contribution < -0.4 is 5.43 Å². The van der Waals surface area contributed by atoms with Crippen molar-refractivity contribution in [1.29, 1.82) is 0 Å². The average Bonchev–Trinajstić information content (AvgIpc) is 3.35. The van der Waals surface area contributed by atoms with Crippen LogP contribution >= 0.6 is 35.0 Å². The van der Waals surface area contributed by atoms with Crippen molar-refractivity contribution >= 4 is 57.4 Å². The van der Waals surface area contributed by atoms with E-state index in [-0.39, 0.29) is 11.7 Å². The molecule has 0 atom stereocenters. The minimum absolute atomic E-state index is 0.112. The fourth-order valence-corrected chi connectivity index (χ4v) is 4.76. The van der Waals surface area contributed by atoms with Gasteiger partial charge in [-0.2, -0.15) is 5.10 Å². The Labute approximate surface area is 228 Å². The summed E-state index contributed by atoms with van der Waals surface area (Å²) >= 11 is 13.4. The first-order valence-electron chi connectivity index (χ1n) is 11.4. The van der Waals surface area contributed by atoms with Gasteiger partial charge in [0.2, 0.25) is 0 Å². The highest BCUT2D eigenvalue weighted by Crippen LogP contribution is 2.29. The number of hydrogen-bond acceptors (Lipinski definition) is 5. The molecule has 0 spiro atoms. The molecular formula is C28H21Cl2N5OS. The summed E-state index contributed by atoms with van der Waals surface area (Å²) in [6.07, 6.45) is 0. The van der Waals surface area contributed by atoms with Gasteiger partial charge in [0, 0.05) is 21.3 Å². The van der Waals surface area contributed by atoms with E-state index in [2.05, 4.69) is 38.9 Å². The van der Waals surface area contributed by atoms with Gasteiger partial charge < -0.3 is 0 Å². The molecule has 5 aromatic rings. The number of nitrogens with one attached hydrogen (secondary N) is 1. The Bertz CT molecular complexity index is 1600. The summed E-state index contributed by atoms with van der Waals surface area (Å²) in [5, 5.41) is 17.1. The Balaban J connectivity index is 1.33. The van der Waals surface area contributed by atoms with Crippen LogP contribution in [0.15, 0.2) is 101 Å². The smallest absolute Gasteiger partial charge is 0.250 e. The molecule has 184 valence electrons. The molecule has 0 aliphatic heterocycles.